The standard InChI is InChI=1S/C13H15F3O3/c1-19-11-4-2-3-9(7-11)10(8-12(17)18)5-6-13(14,15)16/h2-4,7,10H,5-6,8H2,1H3,(H,17,18)/t10-/m1/s1. The summed E-state index contributed by atoms with van der Waals surface area (Å²) < 4.78 is 41.7. The highest BCUT2D eigenvalue weighted by Gasteiger charge is 2.29. The van der Waals surface area contributed by atoms with Gasteiger partial charge in [-0.2, -0.15) is 13.2 Å². The molecular formula is C13H15F3O3. The highest BCUT2D eigenvalue weighted by molar-refractivity contribution is 5.68. The van der Waals surface area contributed by atoms with E-state index in [2.05, 4.69) is 0 Å². The number of rotatable bonds is 6. The number of methoxy groups -OCH3 is 1. The van der Waals surface area contributed by atoms with Crippen molar-refractivity contribution >= 4 is 5.97 Å². The van der Waals surface area contributed by atoms with Crippen LogP contribution in [0.15, 0.2) is 24.3 Å². The van der Waals surface area contributed by atoms with E-state index >= 15 is 0 Å². The third-order valence-electron chi connectivity index (χ3n) is 2.76. The van der Waals surface area contributed by atoms with Crippen molar-refractivity contribution in [3.63, 3.8) is 0 Å². The van der Waals surface area contributed by atoms with E-state index < -0.39 is 24.5 Å². The number of alkyl halides is 3. The average Bonchev–Trinajstić information content (AvgIpc) is 2.33. The van der Waals surface area contributed by atoms with Gasteiger partial charge in [0.25, 0.3) is 0 Å². The van der Waals surface area contributed by atoms with Crippen molar-refractivity contribution in [1.82, 2.24) is 0 Å². The van der Waals surface area contributed by atoms with Gasteiger partial charge in [-0.15, -0.1) is 0 Å². The summed E-state index contributed by atoms with van der Waals surface area (Å²) in [6, 6.07) is 6.48. The van der Waals surface area contributed by atoms with Crippen molar-refractivity contribution < 1.29 is 27.8 Å². The fourth-order valence-electron chi connectivity index (χ4n) is 1.83. The lowest BCUT2D eigenvalue weighted by Gasteiger charge is -2.17. The predicted molar refractivity (Wildman–Crippen MR) is 63.3 cm³/mol. The minimum atomic E-state index is -4.28. The second kappa shape index (κ2) is 6.45. The van der Waals surface area contributed by atoms with Crippen molar-refractivity contribution in [2.24, 2.45) is 0 Å². The Labute approximate surface area is 109 Å². The van der Waals surface area contributed by atoms with E-state index in [1.54, 1.807) is 24.3 Å². The first-order valence-corrected chi connectivity index (χ1v) is 5.74. The molecule has 19 heavy (non-hydrogen) atoms. The van der Waals surface area contributed by atoms with Crippen LogP contribution in [0.25, 0.3) is 0 Å². The van der Waals surface area contributed by atoms with Gasteiger partial charge < -0.3 is 9.84 Å². The largest absolute Gasteiger partial charge is 0.497 e. The zero-order valence-electron chi connectivity index (χ0n) is 10.4. The van der Waals surface area contributed by atoms with Gasteiger partial charge in [0.15, 0.2) is 0 Å². The van der Waals surface area contributed by atoms with E-state index in [1.807, 2.05) is 0 Å². The van der Waals surface area contributed by atoms with Crippen LogP contribution in [0.4, 0.5) is 13.2 Å². The molecule has 0 saturated heterocycles. The SMILES string of the molecule is COc1cccc([C@H](CCC(F)(F)F)CC(=O)O)c1. The molecule has 0 heterocycles. The average molecular weight is 276 g/mol. The van der Waals surface area contributed by atoms with Crippen LogP contribution < -0.4 is 4.74 Å². The lowest BCUT2D eigenvalue weighted by molar-refractivity contribution is -0.142. The van der Waals surface area contributed by atoms with E-state index in [0.29, 0.717) is 11.3 Å². The first kappa shape index (κ1) is 15.3. The van der Waals surface area contributed by atoms with Crippen LogP contribution in [0.3, 0.4) is 0 Å². The van der Waals surface area contributed by atoms with Crippen molar-refractivity contribution in [3.05, 3.63) is 29.8 Å². The number of hydrogen-bond donors (Lipinski definition) is 1. The maximum Gasteiger partial charge on any atom is 0.389 e. The van der Waals surface area contributed by atoms with Crippen LogP contribution in [0, 0.1) is 0 Å². The third kappa shape index (κ3) is 5.63. The molecule has 1 aromatic carbocycles. The number of carboxylic acids is 1. The number of carboxylic acid groups (broad SMARTS) is 1. The molecule has 1 atom stereocenters. The summed E-state index contributed by atoms with van der Waals surface area (Å²) in [5.74, 6) is -1.29. The van der Waals surface area contributed by atoms with Crippen molar-refractivity contribution in [2.75, 3.05) is 7.11 Å². The molecule has 0 spiro atoms. The lowest BCUT2D eigenvalue weighted by Crippen LogP contribution is -2.13. The number of ether oxygens (including phenoxy) is 1. The molecule has 0 aliphatic rings. The summed E-state index contributed by atoms with van der Waals surface area (Å²) in [5.41, 5.74) is 0.547. The summed E-state index contributed by atoms with van der Waals surface area (Å²) in [4.78, 5) is 10.7. The van der Waals surface area contributed by atoms with Gasteiger partial charge in [-0.3, -0.25) is 4.79 Å². The molecule has 0 aliphatic carbocycles. The maximum absolute atomic E-state index is 12.2. The van der Waals surface area contributed by atoms with Gasteiger partial charge in [0.2, 0.25) is 0 Å². The maximum atomic E-state index is 12.2. The van der Waals surface area contributed by atoms with Crippen LogP contribution in [0.2, 0.25) is 0 Å². The van der Waals surface area contributed by atoms with Gasteiger partial charge in [0.1, 0.15) is 5.75 Å². The van der Waals surface area contributed by atoms with Gasteiger partial charge in [0.05, 0.1) is 13.5 Å². The van der Waals surface area contributed by atoms with Crippen LogP contribution in [-0.2, 0) is 4.79 Å². The molecule has 0 aliphatic heterocycles. The Morgan fingerprint density at radius 1 is 1.42 bits per heavy atom. The Hall–Kier alpha value is -1.72. The highest BCUT2D eigenvalue weighted by atomic mass is 19.4. The molecule has 0 unspecified atom stereocenters. The summed E-state index contributed by atoms with van der Waals surface area (Å²) in [6.45, 7) is 0. The number of halogens is 3. The summed E-state index contributed by atoms with van der Waals surface area (Å²) in [5, 5.41) is 8.79. The summed E-state index contributed by atoms with van der Waals surface area (Å²) in [6.07, 6.45) is -5.86. The normalized spacial score (nSPS) is 13.1. The van der Waals surface area contributed by atoms with Gasteiger partial charge in [-0.05, 0) is 30.0 Å². The van der Waals surface area contributed by atoms with E-state index in [4.69, 9.17) is 9.84 Å². The minimum Gasteiger partial charge on any atom is -0.497 e. The fraction of sp³-hybridized carbons (Fsp3) is 0.462. The zero-order chi connectivity index (χ0) is 14.5. The van der Waals surface area contributed by atoms with Gasteiger partial charge in [0, 0.05) is 6.42 Å². The third-order valence-corrected chi connectivity index (χ3v) is 2.76. The first-order chi connectivity index (χ1) is 8.81. The second-order valence-electron chi connectivity index (χ2n) is 4.23. The molecule has 3 nitrogen and oxygen atoms in total. The second-order valence-corrected chi connectivity index (χ2v) is 4.23. The molecule has 1 N–H and O–H groups in total. The van der Waals surface area contributed by atoms with E-state index in [-0.39, 0.29) is 12.8 Å². The number of aliphatic carboxylic acids is 1. The number of benzene rings is 1. The van der Waals surface area contributed by atoms with E-state index in [1.165, 1.54) is 7.11 Å². The summed E-state index contributed by atoms with van der Waals surface area (Å²) in [7, 11) is 1.45. The molecule has 0 aromatic heterocycles. The Kier molecular flexibility index (Phi) is 5.20. The van der Waals surface area contributed by atoms with Crippen molar-refractivity contribution in [3.8, 4) is 5.75 Å². The molecule has 6 heteroatoms. The molecule has 106 valence electrons. The highest BCUT2D eigenvalue weighted by Crippen LogP contribution is 2.32. The molecule has 0 amide bonds. The Balaban J connectivity index is 2.85. The fourth-order valence-corrected chi connectivity index (χ4v) is 1.83. The topological polar surface area (TPSA) is 46.5 Å². The zero-order valence-corrected chi connectivity index (χ0v) is 10.4. The van der Waals surface area contributed by atoms with E-state index in [9.17, 15) is 18.0 Å². The lowest BCUT2D eigenvalue weighted by atomic mass is 9.91. The van der Waals surface area contributed by atoms with Crippen LogP contribution in [0.1, 0.15) is 30.7 Å². The molecule has 1 aromatic rings. The molecular weight excluding hydrogens is 261 g/mol. The number of hydrogen-bond acceptors (Lipinski definition) is 2. The quantitative estimate of drug-likeness (QED) is 0.863. The predicted octanol–water partition coefficient (Wildman–Crippen LogP) is 3.60. The molecule has 0 saturated carbocycles. The van der Waals surface area contributed by atoms with Crippen LogP contribution in [0.5, 0.6) is 5.75 Å². The Morgan fingerprint density at radius 2 is 2.11 bits per heavy atom. The van der Waals surface area contributed by atoms with Crippen molar-refractivity contribution in [1.29, 1.82) is 0 Å². The molecule has 0 radical (unpaired) electrons. The van der Waals surface area contributed by atoms with E-state index in [0.717, 1.165) is 0 Å². The van der Waals surface area contributed by atoms with Crippen LogP contribution in [-0.4, -0.2) is 24.4 Å². The smallest absolute Gasteiger partial charge is 0.389 e. The van der Waals surface area contributed by atoms with Crippen molar-refractivity contribution in [2.45, 2.75) is 31.4 Å². The molecule has 1 rings (SSSR count). The van der Waals surface area contributed by atoms with Gasteiger partial charge in [-0.1, -0.05) is 12.1 Å². The van der Waals surface area contributed by atoms with Gasteiger partial charge in [-0.25, -0.2) is 0 Å². The monoisotopic (exact) mass is 276 g/mol. The Morgan fingerprint density at radius 3 is 2.63 bits per heavy atom. The summed E-state index contributed by atoms with van der Waals surface area (Å²) >= 11 is 0. The molecule has 0 bridgehead atoms. The first-order valence-electron chi connectivity index (χ1n) is 5.74. The minimum absolute atomic E-state index is 0.247. The van der Waals surface area contributed by atoms with Gasteiger partial charge >= 0.3 is 12.1 Å². The Bertz CT molecular complexity index is 429. The molecule has 0 fully saturated rings. The van der Waals surface area contributed by atoms with Crippen LogP contribution >= 0.6 is 0 Å². The number of carbonyl (C=O) groups is 1.